The number of rotatable bonds is 0. The van der Waals surface area contributed by atoms with Gasteiger partial charge in [-0.05, 0) is 81.0 Å². The summed E-state index contributed by atoms with van der Waals surface area (Å²) in [6, 6.07) is 11.7. The van der Waals surface area contributed by atoms with Gasteiger partial charge in [0.25, 0.3) is 0 Å². The van der Waals surface area contributed by atoms with Crippen LogP contribution in [0, 0.1) is 0 Å². The SMILES string of the molecule is FC(F)(F)c1cccc2c1OC=C/C2=C1/COCc2cc3c(cc21)COC/C3=C1\C=COc2c1cccc2C(F)(F)F. The molecule has 42 heavy (non-hydrogen) atoms. The normalized spacial score (nSPS) is 21.1. The number of alkyl halides is 6. The fraction of sp³-hybridized carbons (Fsp3) is 0.188. The van der Waals surface area contributed by atoms with Crippen molar-refractivity contribution in [1.29, 1.82) is 0 Å². The topological polar surface area (TPSA) is 36.9 Å². The maximum absolute atomic E-state index is 13.7. The summed E-state index contributed by atoms with van der Waals surface area (Å²) in [7, 11) is 0. The lowest BCUT2D eigenvalue weighted by Crippen LogP contribution is -2.17. The van der Waals surface area contributed by atoms with E-state index in [0.29, 0.717) is 33.4 Å². The lowest BCUT2D eigenvalue weighted by Gasteiger charge is -2.30. The second-order valence-electron chi connectivity index (χ2n) is 10.1. The van der Waals surface area contributed by atoms with E-state index in [1.54, 1.807) is 24.3 Å². The van der Waals surface area contributed by atoms with Crippen LogP contribution >= 0.6 is 0 Å². The minimum absolute atomic E-state index is 0.170. The minimum atomic E-state index is -4.59. The summed E-state index contributed by atoms with van der Waals surface area (Å²) in [5.74, 6) is -0.530. The van der Waals surface area contributed by atoms with Crippen molar-refractivity contribution < 1.29 is 45.3 Å². The quantitative estimate of drug-likeness (QED) is 0.250. The Bertz CT molecular complexity index is 1630. The molecular formula is C32H20F6O4. The highest BCUT2D eigenvalue weighted by Gasteiger charge is 2.38. The van der Waals surface area contributed by atoms with E-state index in [1.807, 2.05) is 12.1 Å². The smallest absolute Gasteiger partial charge is 0.420 e. The fourth-order valence-electron chi connectivity index (χ4n) is 5.86. The number of halogens is 6. The lowest BCUT2D eigenvalue weighted by atomic mass is 9.83. The summed E-state index contributed by atoms with van der Waals surface area (Å²) in [5.41, 5.74) is 4.60. The third-order valence-corrected chi connectivity index (χ3v) is 7.70. The van der Waals surface area contributed by atoms with Gasteiger partial charge in [-0.15, -0.1) is 0 Å². The highest BCUT2D eigenvalue weighted by atomic mass is 19.4. The van der Waals surface area contributed by atoms with E-state index in [0.717, 1.165) is 34.4 Å². The Kier molecular flexibility index (Phi) is 6.11. The number of fused-ring (bicyclic) bond motifs is 4. The van der Waals surface area contributed by atoms with Crippen LogP contribution in [-0.2, 0) is 35.0 Å². The molecule has 4 nitrogen and oxygen atoms in total. The first-order valence-electron chi connectivity index (χ1n) is 13.0. The third kappa shape index (κ3) is 4.33. The molecule has 0 amide bonds. The summed E-state index contributed by atoms with van der Waals surface area (Å²) >= 11 is 0. The van der Waals surface area contributed by atoms with E-state index in [9.17, 15) is 26.3 Å². The Labute approximate surface area is 235 Å². The molecule has 214 valence electrons. The van der Waals surface area contributed by atoms with Gasteiger partial charge in [0, 0.05) is 11.1 Å². The molecule has 0 fully saturated rings. The van der Waals surface area contributed by atoms with Crippen LogP contribution in [0.4, 0.5) is 26.3 Å². The first-order chi connectivity index (χ1) is 20.1. The van der Waals surface area contributed by atoms with E-state index in [2.05, 4.69) is 0 Å². The predicted octanol–water partition coefficient (Wildman–Crippen LogP) is 8.42. The number of hydrogen-bond acceptors (Lipinski definition) is 4. The molecule has 3 aromatic carbocycles. The Morgan fingerprint density at radius 1 is 0.524 bits per heavy atom. The highest BCUT2D eigenvalue weighted by Crippen LogP contribution is 2.48. The molecular weight excluding hydrogens is 562 g/mol. The summed E-state index contributed by atoms with van der Waals surface area (Å²) in [5, 5.41) is 0. The van der Waals surface area contributed by atoms with Crippen LogP contribution < -0.4 is 9.47 Å². The van der Waals surface area contributed by atoms with E-state index < -0.39 is 23.5 Å². The summed E-state index contributed by atoms with van der Waals surface area (Å²) in [6.45, 7) is 0.853. The second kappa shape index (κ2) is 9.64. The van der Waals surface area contributed by atoms with Crippen molar-refractivity contribution in [2.24, 2.45) is 0 Å². The Morgan fingerprint density at radius 2 is 0.952 bits per heavy atom. The Morgan fingerprint density at radius 3 is 1.36 bits per heavy atom. The molecule has 0 aromatic heterocycles. The van der Waals surface area contributed by atoms with Crippen molar-refractivity contribution in [2.45, 2.75) is 25.6 Å². The van der Waals surface area contributed by atoms with Crippen LogP contribution in [0.3, 0.4) is 0 Å². The van der Waals surface area contributed by atoms with Crippen molar-refractivity contribution in [2.75, 3.05) is 13.2 Å². The molecule has 0 saturated heterocycles. The third-order valence-electron chi connectivity index (χ3n) is 7.70. The lowest BCUT2D eigenvalue weighted by molar-refractivity contribution is -0.139. The second-order valence-corrected chi connectivity index (χ2v) is 10.1. The van der Waals surface area contributed by atoms with Gasteiger partial charge in [0.15, 0.2) is 0 Å². The van der Waals surface area contributed by atoms with Gasteiger partial charge < -0.3 is 18.9 Å². The molecule has 10 heteroatoms. The monoisotopic (exact) mass is 582 g/mol. The first-order valence-corrected chi connectivity index (χ1v) is 13.0. The first kappa shape index (κ1) is 26.6. The van der Waals surface area contributed by atoms with Gasteiger partial charge in [-0.25, -0.2) is 0 Å². The maximum Gasteiger partial charge on any atom is 0.420 e. The van der Waals surface area contributed by atoms with Crippen LogP contribution in [0.25, 0.3) is 22.3 Å². The predicted molar refractivity (Wildman–Crippen MR) is 142 cm³/mol. The summed E-state index contributed by atoms with van der Waals surface area (Å²) < 4.78 is 105. The number of hydrogen-bond donors (Lipinski definition) is 0. The molecule has 0 saturated carbocycles. The number of ether oxygens (including phenoxy) is 4. The van der Waals surface area contributed by atoms with Crippen molar-refractivity contribution in [3.8, 4) is 11.5 Å². The standard InChI is InChI=1S/C32H20F6O4/c33-31(34,35)27-5-1-3-21-19(7-9-41-29(21)27)25-15-39-13-17-12-24-18(11-23(17)25)14-40-16-26(24)20-8-10-42-30-22(20)4-2-6-28(30)32(36,37)38/h1-12H,13-16H2/b25-19-,26-20+. The van der Waals surface area contributed by atoms with E-state index in [1.165, 1.54) is 24.7 Å². The van der Waals surface area contributed by atoms with Gasteiger partial charge in [0.05, 0.1) is 50.1 Å². The molecule has 0 spiro atoms. The molecule has 4 aliphatic heterocycles. The average Bonchev–Trinajstić information content (AvgIpc) is 2.97. The zero-order valence-electron chi connectivity index (χ0n) is 21.7. The van der Waals surface area contributed by atoms with Gasteiger partial charge in [0.2, 0.25) is 0 Å². The van der Waals surface area contributed by atoms with Crippen molar-refractivity contribution in [3.05, 3.63) is 118 Å². The van der Waals surface area contributed by atoms with Crippen molar-refractivity contribution >= 4 is 22.3 Å². The molecule has 4 heterocycles. The molecule has 0 N–H and O–H groups in total. The van der Waals surface area contributed by atoms with Crippen LogP contribution in [0.1, 0.15) is 44.5 Å². The van der Waals surface area contributed by atoms with Gasteiger partial charge in [0.1, 0.15) is 11.5 Å². The number of allylic oxidation sites excluding steroid dienone is 4. The largest absolute Gasteiger partial charge is 0.464 e. The highest BCUT2D eigenvalue weighted by molar-refractivity contribution is 6.02. The van der Waals surface area contributed by atoms with E-state index in [4.69, 9.17) is 18.9 Å². The van der Waals surface area contributed by atoms with Gasteiger partial charge >= 0.3 is 12.4 Å². The minimum Gasteiger partial charge on any atom is -0.464 e. The van der Waals surface area contributed by atoms with Gasteiger partial charge in [-0.2, -0.15) is 26.3 Å². The molecule has 0 bridgehead atoms. The van der Waals surface area contributed by atoms with Crippen molar-refractivity contribution in [1.82, 2.24) is 0 Å². The van der Waals surface area contributed by atoms with E-state index in [-0.39, 0.29) is 37.9 Å². The maximum atomic E-state index is 13.7. The molecule has 4 aliphatic rings. The molecule has 0 unspecified atom stereocenters. The van der Waals surface area contributed by atoms with E-state index >= 15 is 0 Å². The van der Waals surface area contributed by atoms with Crippen LogP contribution in [-0.4, -0.2) is 13.2 Å². The van der Waals surface area contributed by atoms with Gasteiger partial charge in [-0.3, -0.25) is 0 Å². The molecule has 3 aromatic rings. The molecule has 7 rings (SSSR count). The molecule has 0 aliphatic carbocycles. The van der Waals surface area contributed by atoms with Crippen LogP contribution in [0.15, 0.2) is 73.2 Å². The number of benzene rings is 3. The molecule has 0 atom stereocenters. The van der Waals surface area contributed by atoms with Crippen molar-refractivity contribution in [3.63, 3.8) is 0 Å². The number of para-hydroxylation sites is 2. The summed E-state index contributed by atoms with van der Waals surface area (Å²) in [6.07, 6.45) is -3.45. The van der Waals surface area contributed by atoms with Crippen LogP contribution in [0.2, 0.25) is 0 Å². The van der Waals surface area contributed by atoms with Gasteiger partial charge in [-0.1, -0.05) is 24.3 Å². The van der Waals surface area contributed by atoms with Crippen LogP contribution in [0.5, 0.6) is 11.5 Å². The average molecular weight is 582 g/mol. The summed E-state index contributed by atoms with van der Waals surface area (Å²) in [4.78, 5) is 0. The Hall–Kier alpha value is -4.28. The fourth-order valence-corrected chi connectivity index (χ4v) is 5.86. The Balaban J connectivity index is 1.38. The zero-order chi connectivity index (χ0) is 29.2. The zero-order valence-corrected chi connectivity index (χ0v) is 21.7. The molecule has 0 radical (unpaired) electrons.